The Hall–Kier alpha value is -0.530. The second kappa shape index (κ2) is 6.05. The smallest absolute Gasteiger partial charge is 0.235 e. The highest BCUT2D eigenvalue weighted by Crippen LogP contribution is 2.29. The second-order valence-corrected chi connectivity index (χ2v) is 3.37. The van der Waals surface area contributed by atoms with Crippen LogP contribution in [0.2, 0.25) is 0 Å². The van der Waals surface area contributed by atoms with E-state index in [1.807, 2.05) is 0 Å². The molecule has 0 amide bonds. The van der Waals surface area contributed by atoms with Gasteiger partial charge in [0.05, 0.1) is 7.11 Å². The summed E-state index contributed by atoms with van der Waals surface area (Å²) >= 11 is 7.11. The number of hydrogen-bond donors (Lipinski definition) is 2. The molecule has 78 valence electrons. The molecule has 14 heavy (non-hydrogen) atoms. The number of hydrogen-bond acceptors (Lipinski definition) is 6. The number of halogens is 1. The fraction of sp³-hybridized carbons (Fsp3) is 0.429. The van der Waals surface area contributed by atoms with E-state index in [0.717, 1.165) is 0 Å². The first-order valence-electron chi connectivity index (χ1n) is 3.83. The zero-order valence-electron chi connectivity index (χ0n) is 7.53. The minimum absolute atomic E-state index is 0.453. The Bertz CT molecular complexity index is 300. The highest BCUT2D eigenvalue weighted by atomic mass is 79.9. The van der Waals surface area contributed by atoms with Crippen molar-refractivity contribution in [3.63, 3.8) is 0 Å². The van der Waals surface area contributed by atoms with Gasteiger partial charge in [0.2, 0.25) is 11.8 Å². The Morgan fingerprint density at radius 1 is 1.50 bits per heavy atom. The molecule has 7 heteroatoms. The zero-order valence-corrected chi connectivity index (χ0v) is 10.0. The van der Waals surface area contributed by atoms with E-state index in [9.17, 15) is 0 Å². The Kier molecular flexibility index (Phi) is 4.99. The number of ether oxygens (including phenoxy) is 2. The lowest BCUT2D eigenvalue weighted by Gasteiger charge is -2.07. The molecule has 5 nitrogen and oxygen atoms in total. The van der Waals surface area contributed by atoms with E-state index in [-0.39, 0.29) is 0 Å². The average molecular weight is 280 g/mol. The molecule has 1 N–H and O–H groups in total. The maximum Gasteiger partial charge on any atom is 0.235 e. The van der Waals surface area contributed by atoms with Crippen LogP contribution in [-0.4, -0.2) is 30.2 Å². The summed E-state index contributed by atoms with van der Waals surface area (Å²) in [5, 5.41) is 0. The number of nitrogens with zero attached hydrogens (tertiary/aromatic N) is 2. The van der Waals surface area contributed by atoms with Crippen molar-refractivity contribution in [2.45, 2.75) is 0 Å². The van der Waals surface area contributed by atoms with Crippen molar-refractivity contribution in [1.82, 2.24) is 14.7 Å². The molecular formula is C7H10BrN3O2S. The summed E-state index contributed by atoms with van der Waals surface area (Å²) in [6, 6.07) is 0. The van der Waals surface area contributed by atoms with Gasteiger partial charge in [0.25, 0.3) is 0 Å². The molecule has 0 spiro atoms. The van der Waals surface area contributed by atoms with Crippen LogP contribution >= 0.6 is 28.7 Å². The summed E-state index contributed by atoms with van der Waals surface area (Å²) < 4.78 is 13.6. The zero-order chi connectivity index (χ0) is 10.4. The lowest BCUT2D eigenvalue weighted by Crippen LogP contribution is -2.12. The molecule has 0 saturated heterocycles. The first kappa shape index (κ1) is 11.5. The van der Waals surface area contributed by atoms with E-state index in [1.165, 1.54) is 13.4 Å². The number of nitrogens with one attached hydrogen (secondary N) is 1. The Labute approximate surface area is 95.9 Å². The number of thiol groups is 1. The normalized spacial score (nSPS) is 9.93. The van der Waals surface area contributed by atoms with Gasteiger partial charge in [-0.1, -0.05) is 12.8 Å². The molecule has 0 atom stereocenters. The molecular weight excluding hydrogens is 270 g/mol. The van der Waals surface area contributed by atoms with Gasteiger partial charge < -0.3 is 9.47 Å². The maximum atomic E-state index is 5.33. The third-order valence-electron chi connectivity index (χ3n) is 1.37. The average Bonchev–Trinajstić information content (AvgIpc) is 2.21. The highest BCUT2D eigenvalue weighted by molar-refractivity contribution is 9.10. The van der Waals surface area contributed by atoms with E-state index in [4.69, 9.17) is 9.47 Å². The van der Waals surface area contributed by atoms with Crippen molar-refractivity contribution in [1.29, 1.82) is 0 Å². The fourth-order valence-corrected chi connectivity index (χ4v) is 1.35. The van der Waals surface area contributed by atoms with Crippen LogP contribution in [0.5, 0.6) is 11.8 Å². The van der Waals surface area contributed by atoms with Crippen molar-refractivity contribution in [2.24, 2.45) is 0 Å². The van der Waals surface area contributed by atoms with Gasteiger partial charge in [0.15, 0.2) is 0 Å². The fourth-order valence-electron chi connectivity index (χ4n) is 0.775. The minimum atomic E-state index is 0.453. The van der Waals surface area contributed by atoms with Crippen LogP contribution in [-0.2, 0) is 0 Å². The molecule has 1 aromatic rings. The molecule has 0 aliphatic carbocycles. The third kappa shape index (κ3) is 3.00. The Morgan fingerprint density at radius 2 is 2.21 bits per heavy atom. The molecule has 0 aliphatic rings. The first-order chi connectivity index (χ1) is 6.79. The van der Waals surface area contributed by atoms with Crippen LogP contribution in [0.3, 0.4) is 0 Å². The maximum absolute atomic E-state index is 5.33. The summed E-state index contributed by atoms with van der Waals surface area (Å²) in [4.78, 5) is 7.84. The van der Waals surface area contributed by atoms with E-state index in [1.54, 1.807) is 0 Å². The first-order valence-corrected chi connectivity index (χ1v) is 5.08. The van der Waals surface area contributed by atoms with Crippen LogP contribution in [0.1, 0.15) is 0 Å². The number of aromatic nitrogens is 2. The van der Waals surface area contributed by atoms with Gasteiger partial charge in [0.1, 0.15) is 17.4 Å². The van der Waals surface area contributed by atoms with Crippen LogP contribution in [0.25, 0.3) is 0 Å². The quantitative estimate of drug-likeness (QED) is 0.624. The predicted octanol–water partition coefficient (Wildman–Crippen LogP) is 1.06. The number of rotatable bonds is 5. The van der Waals surface area contributed by atoms with Gasteiger partial charge in [-0.3, -0.25) is 4.72 Å². The van der Waals surface area contributed by atoms with E-state index in [0.29, 0.717) is 29.4 Å². The van der Waals surface area contributed by atoms with Gasteiger partial charge in [-0.05, 0) is 15.9 Å². The van der Waals surface area contributed by atoms with E-state index in [2.05, 4.69) is 43.4 Å². The molecule has 1 rings (SSSR count). The SMILES string of the molecule is COc1ncnc(OCCNS)c1Br. The monoisotopic (exact) mass is 279 g/mol. The van der Waals surface area contributed by atoms with Gasteiger partial charge in [-0.2, -0.15) is 0 Å². The largest absolute Gasteiger partial charge is 0.480 e. The summed E-state index contributed by atoms with van der Waals surface area (Å²) in [5.41, 5.74) is 0. The van der Waals surface area contributed by atoms with Crippen molar-refractivity contribution >= 4 is 28.7 Å². The Morgan fingerprint density at radius 3 is 2.86 bits per heavy atom. The van der Waals surface area contributed by atoms with Crippen LogP contribution in [0.4, 0.5) is 0 Å². The van der Waals surface area contributed by atoms with Crippen molar-refractivity contribution in [2.75, 3.05) is 20.3 Å². The summed E-state index contributed by atoms with van der Waals surface area (Å²) in [7, 11) is 1.53. The lowest BCUT2D eigenvalue weighted by molar-refractivity contribution is 0.303. The molecule has 1 heterocycles. The van der Waals surface area contributed by atoms with E-state index >= 15 is 0 Å². The molecule has 1 aromatic heterocycles. The predicted molar refractivity (Wildman–Crippen MR) is 58.8 cm³/mol. The second-order valence-electron chi connectivity index (χ2n) is 2.26. The molecule has 0 unspecified atom stereocenters. The van der Waals surface area contributed by atoms with Gasteiger partial charge in [0, 0.05) is 6.54 Å². The van der Waals surface area contributed by atoms with E-state index < -0.39 is 0 Å². The molecule has 0 aromatic carbocycles. The summed E-state index contributed by atoms with van der Waals surface area (Å²) in [6.45, 7) is 1.10. The molecule has 0 saturated carbocycles. The van der Waals surface area contributed by atoms with Crippen molar-refractivity contribution < 1.29 is 9.47 Å². The van der Waals surface area contributed by atoms with Gasteiger partial charge in [-0.25, -0.2) is 9.97 Å². The Balaban J connectivity index is 2.66. The summed E-state index contributed by atoms with van der Waals surface area (Å²) in [6.07, 6.45) is 1.38. The van der Waals surface area contributed by atoms with Gasteiger partial charge in [-0.15, -0.1) is 0 Å². The summed E-state index contributed by atoms with van der Waals surface area (Å²) in [5.74, 6) is 0.911. The lowest BCUT2D eigenvalue weighted by atomic mass is 10.6. The highest BCUT2D eigenvalue weighted by Gasteiger charge is 2.09. The molecule has 0 radical (unpaired) electrons. The van der Waals surface area contributed by atoms with Crippen molar-refractivity contribution in [3.8, 4) is 11.8 Å². The van der Waals surface area contributed by atoms with Gasteiger partial charge >= 0.3 is 0 Å². The third-order valence-corrected chi connectivity index (χ3v) is 2.27. The van der Waals surface area contributed by atoms with Crippen molar-refractivity contribution in [3.05, 3.63) is 10.8 Å². The topological polar surface area (TPSA) is 56.3 Å². The van der Waals surface area contributed by atoms with Crippen LogP contribution in [0.15, 0.2) is 10.8 Å². The molecule has 0 bridgehead atoms. The number of methoxy groups -OCH3 is 1. The minimum Gasteiger partial charge on any atom is -0.480 e. The molecule has 0 fully saturated rings. The molecule has 0 aliphatic heterocycles. The standard InChI is InChI=1S/C7H10BrN3O2S/c1-12-6-5(8)7(10-4-9-6)13-3-2-11-14/h4,11,14H,2-3H2,1H3. The van der Waals surface area contributed by atoms with Crippen LogP contribution in [0, 0.1) is 0 Å². The van der Waals surface area contributed by atoms with Crippen LogP contribution < -0.4 is 14.2 Å².